The summed E-state index contributed by atoms with van der Waals surface area (Å²) in [6.45, 7) is 6.59. The van der Waals surface area contributed by atoms with Crippen molar-refractivity contribution in [3.8, 4) is 0 Å². The molecule has 186 valence electrons. The SMILES string of the molecule is CCCSCCCNC(=O)C1CCCN(c2nc3cccnc3n(Cc3ccc(C)cc3)c2=O)C1. The van der Waals surface area contributed by atoms with Crippen molar-refractivity contribution >= 4 is 34.7 Å². The third-order valence-corrected chi connectivity index (χ3v) is 7.62. The van der Waals surface area contributed by atoms with Gasteiger partial charge in [-0.05, 0) is 61.8 Å². The Kier molecular flexibility index (Phi) is 8.79. The number of anilines is 1. The summed E-state index contributed by atoms with van der Waals surface area (Å²) in [6.07, 6.45) is 5.54. The van der Waals surface area contributed by atoms with E-state index in [1.807, 2.05) is 47.9 Å². The van der Waals surface area contributed by atoms with Crippen molar-refractivity contribution in [3.05, 3.63) is 64.1 Å². The summed E-state index contributed by atoms with van der Waals surface area (Å²) in [7, 11) is 0. The van der Waals surface area contributed by atoms with Crippen molar-refractivity contribution in [1.29, 1.82) is 0 Å². The molecule has 1 saturated heterocycles. The van der Waals surface area contributed by atoms with E-state index >= 15 is 0 Å². The number of rotatable bonds is 10. The van der Waals surface area contributed by atoms with E-state index in [-0.39, 0.29) is 17.4 Å². The second-order valence-electron chi connectivity index (χ2n) is 9.20. The summed E-state index contributed by atoms with van der Waals surface area (Å²) in [6, 6.07) is 11.9. The number of aromatic nitrogens is 3. The quantitative estimate of drug-likeness (QED) is 0.430. The number of amides is 1. The first-order valence-corrected chi connectivity index (χ1v) is 13.7. The second-order valence-corrected chi connectivity index (χ2v) is 10.4. The molecule has 0 aliphatic carbocycles. The Morgan fingerprint density at radius 3 is 2.83 bits per heavy atom. The number of benzene rings is 1. The van der Waals surface area contributed by atoms with Gasteiger partial charge in [-0.1, -0.05) is 36.8 Å². The number of aryl methyl sites for hydroxylation is 1. The van der Waals surface area contributed by atoms with E-state index in [1.54, 1.807) is 10.8 Å². The van der Waals surface area contributed by atoms with Crippen molar-refractivity contribution < 1.29 is 4.79 Å². The predicted molar refractivity (Wildman–Crippen MR) is 144 cm³/mol. The minimum atomic E-state index is -0.161. The average molecular weight is 494 g/mol. The molecular formula is C27H35N5O2S. The first-order valence-electron chi connectivity index (χ1n) is 12.6. The summed E-state index contributed by atoms with van der Waals surface area (Å²) < 4.78 is 1.71. The van der Waals surface area contributed by atoms with Gasteiger partial charge in [0.25, 0.3) is 5.56 Å². The van der Waals surface area contributed by atoms with Crippen molar-refractivity contribution in [2.24, 2.45) is 5.92 Å². The maximum atomic E-state index is 13.6. The number of pyridine rings is 1. The average Bonchev–Trinajstić information content (AvgIpc) is 2.88. The highest BCUT2D eigenvalue weighted by atomic mass is 32.2. The van der Waals surface area contributed by atoms with Crippen LogP contribution in [0.2, 0.25) is 0 Å². The van der Waals surface area contributed by atoms with Crippen LogP contribution in [0.15, 0.2) is 47.4 Å². The van der Waals surface area contributed by atoms with Crippen LogP contribution >= 0.6 is 11.8 Å². The zero-order valence-electron chi connectivity index (χ0n) is 20.7. The van der Waals surface area contributed by atoms with Crippen LogP contribution in [-0.4, -0.2) is 51.6 Å². The fourth-order valence-electron chi connectivity index (χ4n) is 4.45. The minimum Gasteiger partial charge on any atom is -0.356 e. The first kappa shape index (κ1) is 25.2. The van der Waals surface area contributed by atoms with Crippen LogP contribution in [0, 0.1) is 12.8 Å². The number of piperidine rings is 1. The molecule has 1 aliphatic heterocycles. The third-order valence-electron chi connectivity index (χ3n) is 6.35. The summed E-state index contributed by atoms with van der Waals surface area (Å²) in [4.78, 5) is 37.6. The van der Waals surface area contributed by atoms with Crippen LogP contribution in [0.25, 0.3) is 11.2 Å². The van der Waals surface area contributed by atoms with Gasteiger partial charge in [0, 0.05) is 25.8 Å². The minimum absolute atomic E-state index is 0.0811. The molecule has 3 aromatic rings. The molecule has 1 atom stereocenters. The zero-order chi connectivity index (χ0) is 24.6. The zero-order valence-corrected chi connectivity index (χ0v) is 21.5. The molecule has 1 N–H and O–H groups in total. The topological polar surface area (TPSA) is 80.1 Å². The molecule has 8 heteroatoms. The number of nitrogens with one attached hydrogen (secondary N) is 1. The standard InChI is InChI=1S/C27H35N5O2S/c1-3-16-35-17-6-14-29-26(33)22-7-5-15-31(19-22)25-27(34)32(18-21-11-9-20(2)10-12-21)24-23(30-25)8-4-13-28-24/h4,8-13,22H,3,5-7,14-19H2,1-2H3,(H,29,33). The summed E-state index contributed by atoms with van der Waals surface area (Å²) in [5.41, 5.74) is 3.32. The number of thioether (sulfide) groups is 1. The largest absolute Gasteiger partial charge is 0.356 e. The van der Waals surface area contributed by atoms with Crippen LogP contribution < -0.4 is 15.8 Å². The monoisotopic (exact) mass is 493 g/mol. The maximum Gasteiger partial charge on any atom is 0.295 e. The number of hydrogen-bond acceptors (Lipinski definition) is 6. The van der Waals surface area contributed by atoms with Gasteiger partial charge >= 0.3 is 0 Å². The van der Waals surface area contributed by atoms with E-state index in [1.165, 1.54) is 17.7 Å². The number of carbonyl (C=O) groups is 1. The van der Waals surface area contributed by atoms with Gasteiger partial charge in [0.2, 0.25) is 5.91 Å². The van der Waals surface area contributed by atoms with Crippen molar-refractivity contribution in [3.63, 3.8) is 0 Å². The first-order chi connectivity index (χ1) is 17.1. The van der Waals surface area contributed by atoms with E-state index in [0.717, 1.165) is 37.1 Å². The van der Waals surface area contributed by atoms with Crippen LogP contribution in [-0.2, 0) is 11.3 Å². The van der Waals surface area contributed by atoms with E-state index in [4.69, 9.17) is 4.98 Å². The predicted octanol–water partition coefficient (Wildman–Crippen LogP) is 4.01. The Morgan fingerprint density at radius 1 is 1.20 bits per heavy atom. The normalized spacial score (nSPS) is 15.9. The van der Waals surface area contributed by atoms with Crippen LogP contribution in [0.1, 0.15) is 43.7 Å². The Labute approximate surface area is 211 Å². The molecule has 2 aromatic heterocycles. The molecule has 4 rings (SSSR count). The van der Waals surface area contributed by atoms with E-state index in [9.17, 15) is 9.59 Å². The van der Waals surface area contributed by atoms with E-state index in [0.29, 0.717) is 36.6 Å². The van der Waals surface area contributed by atoms with Gasteiger partial charge in [-0.25, -0.2) is 9.97 Å². The van der Waals surface area contributed by atoms with Gasteiger partial charge in [0.15, 0.2) is 11.5 Å². The molecule has 1 amide bonds. The highest BCUT2D eigenvalue weighted by molar-refractivity contribution is 7.99. The molecule has 1 unspecified atom stereocenters. The van der Waals surface area contributed by atoms with Gasteiger partial charge in [0.1, 0.15) is 5.52 Å². The highest BCUT2D eigenvalue weighted by Gasteiger charge is 2.28. The fourth-order valence-corrected chi connectivity index (χ4v) is 5.29. The Morgan fingerprint density at radius 2 is 2.03 bits per heavy atom. The molecule has 3 heterocycles. The second kappa shape index (κ2) is 12.2. The molecule has 1 aliphatic rings. The molecule has 0 bridgehead atoms. The molecule has 0 saturated carbocycles. The molecule has 35 heavy (non-hydrogen) atoms. The number of fused-ring (bicyclic) bond motifs is 1. The third kappa shape index (κ3) is 6.42. The van der Waals surface area contributed by atoms with Crippen molar-refractivity contribution in [1.82, 2.24) is 19.9 Å². The lowest BCUT2D eigenvalue weighted by molar-refractivity contribution is -0.125. The van der Waals surface area contributed by atoms with Gasteiger partial charge in [-0.3, -0.25) is 14.2 Å². The highest BCUT2D eigenvalue weighted by Crippen LogP contribution is 2.22. The fraction of sp³-hybridized carbons (Fsp3) is 0.481. The lowest BCUT2D eigenvalue weighted by atomic mass is 9.97. The maximum absolute atomic E-state index is 13.6. The van der Waals surface area contributed by atoms with Gasteiger partial charge < -0.3 is 10.2 Å². The molecular weight excluding hydrogens is 458 g/mol. The van der Waals surface area contributed by atoms with E-state index in [2.05, 4.69) is 29.4 Å². The number of hydrogen-bond donors (Lipinski definition) is 1. The van der Waals surface area contributed by atoms with Gasteiger partial charge in [0.05, 0.1) is 12.5 Å². The molecule has 1 fully saturated rings. The number of carbonyl (C=O) groups excluding carboxylic acids is 1. The van der Waals surface area contributed by atoms with Crippen molar-refractivity contribution in [2.45, 2.75) is 46.1 Å². The molecule has 7 nitrogen and oxygen atoms in total. The summed E-state index contributed by atoms with van der Waals surface area (Å²) in [5, 5.41) is 3.10. The van der Waals surface area contributed by atoms with Crippen molar-refractivity contribution in [2.75, 3.05) is 36.0 Å². The molecule has 0 radical (unpaired) electrons. The smallest absolute Gasteiger partial charge is 0.295 e. The molecule has 1 aromatic carbocycles. The molecule has 0 spiro atoms. The lowest BCUT2D eigenvalue weighted by Crippen LogP contribution is -2.46. The lowest BCUT2D eigenvalue weighted by Gasteiger charge is -2.32. The van der Waals surface area contributed by atoms with Crippen LogP contribution in [0.4, 0.5) is 5.82 Å². The Hall–Kier alpha value is -2.87. The summed E-state index contributed by atoms with van der Waals surface area (Å²) >= 11 is 1.93. The Balaban J connectivity index is 1.52. The van der Waals surface area contributed by atoms with Gasteiger partial charge in [-0.2, -0.15) is 11.8 Å². The van der Waals surface area contributed by atoms with Crippen LogP contribution in [0.5, 0.6) is 0 Å². The summed E-state index contributed by atoms with van der Waals surface area (Å²) in [5.74, 6) is 2.59. The van der Waals surface area contributed by atoms with Gasteiger partial charge in [-0.15, -0.1) is 0 Å². The van der Waals surface area contributed by atoms with Crippen LogP contribution in [0.3, 0.4) is 0 Å². The number of nitrogens with zero attached hydrogens (tertiary/aromatic N) is 4. The Bertz CT molecular complexity index is 1190. The van der Waals surface area contributed by atoms with E-state index < -0.39 is 0 Å².